The average molecular weight is 555 g/mol. The van der Waals surface area contributed by atoms with Crippen molar-refractivity contribution >= 4 is 28.7 Å². The monoisotopic (exact) mass is 554 g/mol. The predicted octanol–water partition coefficient (Wildman–Crippen LogP) is 9.12. The van der Waals surface area contributed by atoms with E-state index < -0.39 is 5.41 Å². The third-order valence-corrected chi connectivity index (χ3v) is 9.12. The van der Waals surface area contributed by atoms with Crippen LogP contribution in [0.4, 0.5) is 22.7 Å². The first kappa shape index (κ1) is 24.0. The third-order valence-electron chi connectivity index (χ3n) is 9.12. The largest absolute Gasteiger partial charge is 0.457 e. The van der Waals surface area contributed by atoms with Crippen molar-refractivity contribution in [2.45, 2.75) is 12.0 Å². The van der Waals surface area contributed by atoms with Gasteiger partial charge in [-0.3, -0.25) is 4.79 Å². The van der Waals surface area contributed by atoms with Gasteiger partial charge in [-0.25, -0.2) is 0 Å². The van der Waals surface area contributed by atoms with Crippen LogP contribution in [0.3, 0.4) is 0 Å². The molecule has 0 bridgehead atoms. The minimum Gasteiger partial charge on any atom is -0.457 e. The van der Waals surface area contributed by atoms with Gasteiger partial charge in [0, 0.05) is 28.1 Å². The molecule has 4 nitrogen and oxygen atoms in total. The highest BCUT2D eigenvalue weighted by molar-refractivity contribution is 6.11. The Kier molecular flexibility index (Phi) is 5.00. The number of hydrogen-bond donors (Lipinski definition) is 0. The first-order valence-electron chi connectivity index (χ1n) is 14.6. The van der Waals surface area contributed by atoms with E-state index >= 15 is 0 Å². The maximum atomic E-state index is 13.7. The molecule has 0 saturated heterocycles. The molecule has 3 aliphatic rings. The zero-order chi connectivity index (χ0) is 28.5. The quantitative estimate of drug-likeness (QED) is 0.214. The number of nitrogens with zero attached hydrogens (tertiary/aromatic N) is 2. The van der Waals surface area contributed by atoms with Crippen molar-refractivity contribution in [3.05, 3.63) is 179 Å². The second-order valence-corrected chi connectivity index (χ2v) is 11.3. The molecular formula is C39H26N2O2. The smallest absolute Gasteiger partial charge is 0.259 e. The second kappa shape index (κ2) is 8.94. The van der Waals surface area contributed by atoms with Crippen LogP contribution in [0.5, 0.6) is 11.5 Å². The molecule has 3 aliphatic heterocycles. The molecule has 1 spiro atoms. The van der Waals surface area contributed by atoms with Crippen molar-refractivity contribution in [3.63, 3.8) is 0 Å². The van der Waals surface area contributed by atoms with Crippen molar-refractivity contribution in [2.75, 3.05) is 9.80 Å². The Labute approximate surface area is 250 Å². The Morgan fingerprint density at radius 2 is 1.07 bits per heavy atom. The van der Waals surface area contributed by atoms with E-state index in [1.165, 1.54) is 11.1 Å². The summed E-state index contributed by atoms with van der Waals surface area (Å²) in [6.45, 7) is 0.572. The SMILES string of the molecule is O=C1c2cc(N3c4ccccc4C4(c5ccccc5Oc5ccccc54)c4ccccc43)ccc2CN1c1ccccc1. The van der Waals surface area contributed by atoms with Gasteiger partial charge in [0.15, 0.2) is 0 Å². The van der Waals surface area contributed by atoms with Gasteiger partial charge in [-0.2, -0.15) is 0 Å². The lowest BCUT2D eigenvalue weighted by atomic mass is 9.61. The predicted molar refractivity (Wildman–Crippen MR) is 170 cm³/mol. The molecule has 43 heavy (non-hydrogen) atoms. The number of anilines is 4. The minimum absolute atomic E-state index is 0.0328. The lowest BCUT2D eigenvalue weighted by Gasteiger charge is -2.48. The van der Waals surface area contributed by atoms with Crippen LogP contribution in [0.1, 0.15) is 38.2 Å². The normalized spacial score (nSPS) is 15.2. The molecule has 1 amide bonds. The van der Waals surface area contributed by atoms with Gasteiger partial charge in [-0.05, 0) is 65.2 Å². The molecule has 3 heterocycles. The molecule has 6 aromatic rings. The first-order valence-corrected chi connectivity index (χ1v) is 14.6. The molecular weight excluding hydrogens is 528 g/mol. The summed E-state index contributed by atoms with van der Waals surface area (Å²) in [6.07, 6.45) is 0. The highest BCUT2D eigenvalue weighted by Crippen LogP contribution is 2.62. The van der Waals surface area contributed by atoms with Gasteiger partial charge in [0.25, 0.3) is 5.91 Å². The number of hydrogen-bond acceptors (Lipinski definition) is 3. The fraction of sp³-hybridized carbons (Fsp3) is 0.0513. The Morgan fingerprint density at radius 1 is 0.535 bits per heavy atom. The number of carbonyl (C=O) groups is 1. The third kappa shape index (κ3) is 3.23. The summed E-state index contributed by atoms with van der Waals surface area (Å²) >= 11 is 0. The molecule has 0 unspecified atom stereocenters. The standard InChI is InChI=1S/C39H26N2O2/c42-38-29-24-28(23-22-26(29)25-40(38)27-12-2-1-3-13-27)41-34-18-8-4-14-30(34)39(31-15-5-9-19-35(31)41)32-16-6-10-20-36(32)43-37-21-11-7-17-33(37)39/h1-24H,25H2. The summed E-state index contributed by atoms with van der Waals surface area (Å²) in [7, 11) is 0. The van der Waals surface area contributed by atoms with Crippen LogP contribution in [-0.2, 0) is 12.0 Å². The summed E-state index contributed by atoms with van der Waals surface area (Å²) in [5, 5.41) is 0. The van der Waals surface area contributed by atoms with Gasteiger partial charge in [0.05, 0.1) is 23.3 Å². The molecule has 0 aromatic heterocycles. The van der Waals surface area contributed by atoms with E-state index in [4.69, 9.17) is 4.74 Å². The summed E-state index contributed by atoms with van der Waals surface area (Å²) in [5.74, 6) is 1.76. The summed E-state index contributed by atoms with van der Waals surface area (Å²) in [4.78, 5) is 17.9. The fourth-order valence-corrected chi connectivity index (χ4v) is 7.34. The molecule has 0 aliphatic carbocycles. The van der Waals surface area contributed by atoms with E-state index in [9.17, 15) is 4.79 Å². The van der Waals surface area contributed by atoms with Gasteiger partial charge in [0.1, 0.15) is 11.5 Å². The van der Waals surface area contributed by atoms with Crippen LogP contribution in [0, 0.1) is 0 Å². The van der Waals surface area contributed by atoms with Crippen molar-refractivity contribution < 1.29 is 9.53 Å². The number of para-hydroxylation sites is 5. The second-order valence-electron chi connectivity index (χ2n) is 11.3. The van der Waals surface area contributed by atoms with Crippen LogP contribution in [0.15, 0.2) is 146 Å². The lowest BCUT2D eigenvalue weighted by Crippen LogP contribution is -2.39. The lowest BCUT2D eigenvalue weighted by molar-refractivity contribution is 0.0996. The van der Waals surface area contributed by atoms with Crippen LogP contribution < -0.4 is 14.5 Å². The van der Waals surface area contributed by atoms with Gasteiger partial charge in [0.2, 0.25) is 0 Å². The number of benzene rings is 6. The van der Waals surface area contributed by atoms with E-state index in [2.05, 4.69) is 108 Å². The first-order chi connectivity index (χ1) is 21.2. The summed E-state index contributed by atoms with van der Waals surface area (Å²) in [5.41, 5.74) is 9.85. The van der Waals surface area contributed by atoms with E-state index in [-0.39, 0.29) is 5.91 Å². The zero-order valence-corrected chi connectivity index (χ0v) is 23.3. The van der Waals surface area contributed by atoms with Crippen molar-refractivity contribution in [1.29, 1.82) is 0 Å². The van der Waals surface area contributed by atoms with Gasteiger partial charge >= 0.3 is 0 Å². The number of fused-ring (bicyclic) bond motifs is 9. The van der Waals surface area contributed by atoms with Gasteiger partial charge in [-0.15, -0.1) is 0 Å². The van der Waals surface area contributed by atoms with E-state index in [1.807, 2.05) is 47.4 Å². The van der Waals surface area contributed by atoms with Crippen molar-refractivity contribution in [1.82, 2.24) is 0 Å². The van der Waals surface area contributed by atoms with Crippen LogP contribution in [-0.4, -0.2) is 5.91 Å². The van der Waals surface area contributed by atoms with E-state index in [0.29, 0.717) is 6.54 Å². The van der Waals surface area contributed by atoms with Gasteiger partial charge < -0.3 is 14.5 Å². The Morgan fingerprint density at radius 3 is 1.70 bits per heavy atom. The zero-order valence-electron chi connectivity index (χ0n) is 23.3. The molecule has 0 fully saturated rings. The molecule has 0 N–H and O–H groups in total. The molecule has 0 radical (unpaired) electrons. The van der Waals surface area contributed by atoms with E-state index in [1.54, 1.807) is 0 Å². The Balaban J connectivity index is 1.28. The van der Waals surface area contributed by atoms with Crippen LogP contribution >= 0.6 is 0 Å². The molecule has 6 aromatic carbocycles. The molecule has 9 rings (SSSR count). The molecule has 0 atom stereocenters. The fourth-order valence-electron chi connectivity index (χ4n) is 7.34. The van der Waals surface area contributed by atoms with Gasteiger partial charge in [-0.1, -0.05) is 97.1 Å². The molecule has 204 valence electrons. The molecule has 4 heteroatoms. The number of carbonyl (C=O) groups excluding carboxylic acids is 1. The molecule has 0 saturated carbocycles. The highest BCUT2D eigenvalue weighted by atomic mass is 16.5. The number of ether oxygens (including phenoxy) is 1. The maximum absolute atomic E-state index is 13.7. The topological polar surface area (TPSA) is 32.8 Å². The summed E-state index contributed by atoms with van der Waals surface area (Å²) in [6, 6.07) is 50.3. The van der Waals surface area contributed by atoms with E-state index in [0.717, 1.165) is 56.5 Å². The number of amides is 1. The van der Waals surface area contributed by atoms with Crippen molar-refractivity contribution in [2.24, 2.45) is 0 Å². The summed E-state index contributed by atoms with van der Waals surface area (Å²) < 4.78 is 6.50. The van der Waals surface area contributed by atoms with Crippen LogP contribution in [0.2, 0.25) is 0 Å². The Bertz CT molecular complexity index is 1990. The Hall–Kier alpha value is -5.61. The number of rotatable bonds is 2. The maximum Gasteiger partial charge on any atom is 0.259 e. The van der Waals surface area contributed by atoms with Crippen LogP contribution in [0.25, 0.3) is 0 Å². The van der Waals surface area contributed by atoms with Crippen molar-refractivity contribution in [3.8, 4) is 11.5 Å². The highest BCUT2D eigenvalue weighted by Gasteiger charge is 2.51. The minimum atomic E-state index is -0.578. The average Bonchev–Trinajstić information content (AvgIpc) is 3.40.